The van der Waals surface area contributed by atoms with Crippen LogP contribution in [-0.2, 0) is 20.0 Å². The van der Waals surface area contributed by atoms with Gasteiger partial charge in [-0.05, 0) is 40.6 Å². The number of aromatic nitrogens is 4. The van der Waals surface area contributed by atoms with E-state index in [0.29, 0.717) is 18.2 Å². The first-order valence-corrected chi connectivity index (χ1v) is 10.00. The molecule has 0 saturated carbocycles. The number of thioether (sulfide) groups is 1. The van der Waals surface area contributed by atoms with Crippen LogP contribution in [0.1, 0.15) is 36.6 Å². The first-order chi connectivity index (χ1) is 11.4. The highest BCUT2D eigenvalue weighted by molar-refractivity contribution is 9.10. The molecule has 0 aromatic carbocycles. The van der Waals surface area contributed by atoms with Crippen molar-refractivity contribution < 1.29 is 4.79 Å². The van der Waals surface area contributed by atoms with Crippen molar-refractivity contribution in [1.29, 1.82) is 0 Å². The zero-order valence-electron chi connectivity index (χ0n) is 14.5. The molecule has 0 bridgehead atoms. The Hall–Kier alpha value is -1.28. The molecular formula is C16H24BrN5OS. The highest BCUT2D eigenvalue weighted by Gasteiger charge is 2.13. The van der Waals surface area contributed by atoms with Gasteiger partial charge in [-0.15, -0.1) is 10.2 Å². The molecule has 0 spiro atoms. The van der Waals surface area contributed by atoms with E-state index in [4.69, 9.17) is 0 Å². The number of carbonyl (C=O) groups is 1. The lowest BCUT2D eigenvalue weighted by Crippen LogP contribution is -2.26. The van der Waals surface area contributed by atoms with Crippen molar-refractivity contribution in [3.05, 3.63) is 28.3 Å². The number of carbonyl (C=O) groups excluding carboxylic acids is 1. The van der Waals surface area contributed by atoms with Crippen LogP contribution in [0.5, 0.6) is 0 Å². The summed E-state index contributed by atoms with van der Waals surface area (Å²) < 4.78 is 4.90. The Bertz CT molecular complexity index is 695. The van der Waals surface area contributed by atoms with Crippen LogP contribution in [0.15, 0.2) is 21.9 Å². The molecule has 0 atom stereocenters. The number of hydrogen-bond donors (Lipinski definition) is 1. The van der Waals surface area contributed by atoms with Gasteiger partial charge in [0, 0.05) is 37.2 Å². The molecule has 1 amide bonds. The van der Waals surface area contributed by atoms with Crippen LogP contribution in [0.4, 0.5) is 0 Å². The summed E-state index contributed by atoms with van der Waals surface area (Å²) in [7, 11) is 1.86. The van der Waals surface area contributed by atoms with Crippen LogP contribution in [0.2, 0.25) is 0 Å². The Labute approximate surface area is 155 Å². The summed E-state index contributed by atoms with van der Waals surface area (Å²) in [5.41, 5.74) is 0.648. The number of nitrogens with one attached hydrogen (secondary N) is 1. The van der Waals surface area contributed by atoms with Gasteiger partial charge in [-0.1, -0.05) is 25.6 Å². The Balaban J connectivity index is 1.87. The standard InChI is InChI=1S/C16H24BrN5OS/c1-11(2)9-22-14(19-20-16(22)24-4)6-5-7-18-15(23)13-8-12(17)10-21(13)3/h8,10-11H,5-7,9H2,1-4H3,(H,18,23). The minimum atomic E-state index is -0.0587. The van der Waals surface area contributed by atoms with Crippen LogP contribution < -0.4 is 5.32 Å². The molecule has 2 rings (SSSR count). The van der Waals surface area contributed by atoms with Crippen LogP contribution in [0, 0.1) is 5.92 Å². The predicted molar refractivity (Wildman–Crippen MR) is 100 cm³/mol. The van der Waals surface area contributed by atoms with Crippen LogP contribution in [0.3, 0.4) is 0 Å². The Morgan fingerprint density at radius 2 is 2.17 bits per heavy atom. The maximum Gasteiger partial charge on any atom is 0.267 e. The molecule has 0 saturated heterocycles. The van der Waals surface area contributed by atoms with Gasteiger partial charge in [-0.25, -0.2) is 0 Å². The molecule has 2 aromatic heterocycles. The minimum absolute atomic E-state index is 0.0587. The van der Waals surface area contributed by atoms with E-state index >= 15 is 0 Å². The first-order valence-electron chi connectivity index (χ1n) is 7.98. The first kappa shape index (κ1) is 19.1. The monoisotopic (exact) mass is 413 g/mol. The third-order valence-electron chi connectivity index (χ3n) is 3.59. The molecule has 132 valence electrons. The Morgan fingerprint density at radius 1 is 1.42 bits per heavy atom. The molecular weight excluding hydrogens is 390 g/mol. The second-order valence-electron chi connectivity index (χ2n) is 6.12. The van der Waals surface area contributed by atoms with Gasteiger partial charge in [0.15, 0.2) is 5.16 Å². The molecule has 0 radical (unpaired) electrons. The summed E-state index contributed by atoms with van der Waals surface area (Å²) >= 11 is 5.00. The number of aryl methyl sites for hydroxylation is 2. The summed E-state index contributed by atoms with van der Waals surface area (Å²) in [6, 6.07) is 1.82. The number of amides is 1. The van der Waals surface area contributed by atoms with Gasteiger partial charge >= 0.3 is 0 Å². The van der Waals surface area contributed by atoms with Gasteiger partial charge in [0.1, 0.15) is 11.5 Å². The lowest BCUT2D eigenvalue weighted by Gasteiger charge is -2.11. The number of hydrogen-bond acceptors (Lipinski definition) is 4. The van der Waals surface area contributed by atoms with Crippen molar-refractivity contribution in [2.24, 2.45) is 13.0 Å². The van der Waals surface area contributed by atoms with Gasteiger partial charge < -0.3 is 14.5 Å². The predicted octanol–water partition coefficient (Wildman–Crippen LogP) is 3.12. The van der Waals surface area contributed by atoms with E-state index in [0.717, 1.165) is 34.8 Å². The summed E-state index contributed by atoms with van der Waals surface area (Å²) in [6.07, 6.45) is 5.52. The van der Waals surface area contributed by atoms with Crippen molar-refractivity contribution in [3.63, 3.8) is 0 Å². The SMILES string of the molecule is CSc1nnc(CCCNC(=O)c2cc(Br)cn2C)n1CC(C)C. The summed E-state index contributed by atoms with van der Waals surface area (Å²) in [5, 5.41) is 12.5. The summed E-state index contributed by atoms with van der Waals surface area (Å²) in [4.78, 5) is 12.2. The molecule has 24 heavy (non-hydrogen) atoms. The molecule has 0 aliphatic rings. The maximum atomic E-state index is 12.2. The molecule has 0 aliphatic heterocycles. The molecule has 0 aliphatic carbocycles. The van der Waals surface area contributed by atoms with Gasteiger partial charge in [-0.2, -0.15) is 0 Å². The number of rotatable bonds is 8. The van der Waals surface area contributed by atoms with Crippen molar-refractivity contribution in [3.8, 4) is 0 Å². The highest BCUT2D eigenvalue weighted by atomic mass is 79.9. The molecule has 0 fully saturated rings. The van der Waals surface area contributed by atoms with Gasteiger partial charge in [0.2, 0.25) is 0 Å². The van der Waals surface area contributed by atoms with E-state index in [9.17, 15) is 4.79 Å². The van der Waals surface area contributed by atoms with Crippen molar-refractivity contribution in [2.45, 2.75) is 38.4 Å². The van der Waals surface area contributed by atoms with Crippen LogP contribution in [0.25, 0.3) is 0 Å². The van der Waals surface area contributed by atoms with Crippen molar-refractivity contribution in [2.75, 3.05) is 12.8 Å². The molecule has 1 N–H and O–H groups in total. The zero-order valence-corrected chi connectivity index (χ0v) is 16.9. The Morgan fingerprint density at radius 3 is 2.75 bits per heavy atom. The summed E-state index contributed by atoms with van der Waals surface area (Å²) in [6.45, 7) is 5.91. The average Bonchev–Trinajstić information content (AvgIpc) is 3.05. The third kappa shape index (κ3) is 4.86. The normalized spacial score (nSPS) is 11.2. The van der Waals surface area contributed by atoms with E-state index in [2.05, 4.69) is 49.9 Å². The maximum absolute atomic E-state index is 12.2. The van der Waals surface area contributed by atoms with Gasteiger partial charge in [0.05, 0.1) is 0 Å². The van der Waals surface area contributed by atoms with E-state index < -0.39 is 0 Å². The third-order valence-corrected chi connectivity index (χ3v) is 4.69. The minimum Gasteiger partial charge on any atom is -0.351 e. The second-order valence-corrected chi connectivity index (χ2v) is 7.81. The fourth-order valence-corrected chi connectivity index (χ4v) is 3.54. The van der Waals surface area contributed by atoms with Crippen LogP contribution in [-0.4, -0.2) is 38.0 Å². The lowest BCUT2D eigenvalue weighted by atomic mass is 10.2. The van der Waals surface area contributed by atoms with Gasteiger partial charge in [0.25, 0.3) is 5.91 Å². The van der Waals surface area contributed by atoms with Crippen molar-refractivity contribution in [1.82, 2.24) is 24.6 Å². The molecule has 0 unspecified atom stereocenters. The van der Waals surface area contributed by atoms with E-state index in [1.807, 2.05) is 30.1 Å². The van der Waals surface area contributed by atoms with Crippen LogP contribution >= 0.6 is 27.7 Å². The quantitative estimate of drug-likeness (QED) is 0.533. The Kier molecular flexibility index (Phi) is 6.91. The smallest absolute Gasteiger partial charge is 0.267 e. The molecule has 2 aromatic rings. The second kappa shape index (κ2) is 8.71. The van der Waals surface area contributed by atoms with Crippen molar-refractivity contribution >= 4 is 33.6 Å². The topological polar surface area (TPSA) is 64.7 Å². The zero-order chi connectivity index (χ0) is 17.7. The summed E-state index contributed by atoms with van der Waals surface area (Å²) in [5.74, 6) is 1.47. The fourth-order valence-electron chi connectivity index (χ4n) is 2.49. The lowest BCUT2D eigenvalue weighted by molar-refractivity contribution is 0.0945. The molecule has 2 heterocycles. The number of halogens is 1. The number of nitrogens with zero attached hydrogens (tertiary/aromatic N) is 4. The average molecular weight is 414 g/mol. The van der Waals surface area contributed by atoms with E-state index in [-0.39, 0.29) is 5.91 Å². The highest BCUT2D eigenvalue weighted by Crippen LogP contribution is 2.17. The fraction of sp³-hybridized carbons (Fsp3) is 0.562. The van der Waals surface area contributed by atoms with E-state index in [1.165, 1.54) is 0 Å². The molecule has 8 heteroatoms. The molecule has 6 nitrogen and oxygen atoms in total. The van der Waals surface area contributed by atoms with Gasteiger partial charge in [-0.3, -0.25) is 4.79 Å². The largest absolute Gasteiger partial charge is 0.351 e. The van der Waals surface area contributed by atoms with E-state index in [1.54, 1.807) is 11.8 Å².